The predicted molar refractivity (Wildman–Crippen MR) is 140 cm³/mol. The second-order valence-corrected chi connectivity index (χ2v) is 9.69. The SMILES string of the molecule is CCN(CCc1ccccn1)Cc1ccc(C2=CC(=C3C(=O)Nc4cc(F)ccc43)OC2(C)C)cc1. The van der Waals surface area contributed by atoms with Gasteiger partial charge in [0.05, 0.1) is 11.3 Å². The van der Waals surface area contributed by atoms with E-state index < -0.39 is 5.60 Å². The van der Waals surface area contributed by atoms with Crippen LogP contribution in [0.1, 0.15) is 43.2 Å². The van der Waals surface area contributed by atoms with Crippen LogP contribution in [-0.2, 0) is 22.5 Å². The molecule has 3 heterocycles. The number of likely N-dealkylation sites (N-methyl/N-ethyl adjacent to an activating group) is 1. The van der Waals surface area contributed by atoms with Crippen LogP contribution in [0.4, 0.5) is 10.1 Å². The summed E-state index contributed by atoms with van der Waals surface area (Å²) in [4.78, 5) is 19.5. The van der Waals surface area contributed by atoms with Gasteiger partial charge in [0.15, 0.2) is 0 Å². The van der Waals surface area contributed by atoms with Crippen LogP contribution >= 0.6 is 0 Å². The molecule has 184 valence electrons. The van der Waals surface area contributed by atoms with E-state index in [4.69, 9.17) is 4.74 Å². The molecule has 5 nitrogen and oxygen atoms in total. The summed E-state index contributed by atoms with van der Waals surface area (Å²) in [5.74, 6) is -0.157. The molecule has 36 heavy (non-hydrogen) atoms. The average Bonchev–Trinajstić information content (AvgIpc) is 3.36. The van der Waals surface area contributed by atoms with E-state index in [-0.39, 0.29) is 11.7 Å². The second-order valence-electron chi connectivity index (χ2n) is 9.69. The fraction of sp³-hybridized carbons (Fsp3) is 0.267. The molecule has 0 atom stereocenters. The lowest BCUT2D eigenvalue weighted by Crippen LogP contribution is -2.25. The Morgan fingerprint density at radius 3 is 2.61 bits per heavy atom. The summed E-state index contributed by atoms with van der Waals surface area (Å²) < 4.78 is 19.9. The van der Waals surface area contributed by atoms with Crippen molar-refractivity contribution < 1.29 is 13.9 Å². The van der Waals surface area contributed by atoms with Crippen molar-refractivity contribution in [2.24, 2.45) is 0 Å². The zero-order valence-corrected chi connectivity index (χ0v) is 20.8. The van der Waals surface area contributed by atoms with Crippen molar-refractivity contribution in [3.8, 4) is 0 Å². The number of pyridine rings is 1. The van der Waals surface area contributed by atoms with Crippen LogP contribution in [0.5, 0.6) is 0 Å². The maximum atomic E-state index is 13.6. The van der Waals surface area contributed by atoms with Gasteiger partial charge in [0, 0.05) is 42.5 Å². The highest BCUT2D eigenvalue weighted by Crippen LogP contribution is 2.44. The molecule has 2 aliphatic rings. The number of nitrogens with one attached hydrogen (secondary N) is 1. The number of allylic oxidation sites excluding steroid dienone is 1. The molecule has 5 rings (SSSR count). The summed E-state index contributed by atoms with van der Waals surface area (Å²) in [6.07, 6.45) is 4.70. The number of rotatable bonds is 7. The highest BCUT2D eigenvalue weighted by molar-refractivity contribution is 6.32. The van der Waals surface area contributed by atoms with E-state index in [2.05, 4.69) is 52.5 Å². The van der Waals surface area contributed by atoms with Crippen molar-refractivity contribution in [2.45, 2.75) is 39.3 Å². The van der Waals surface area contributed by atoms with Crippen LogP contribution in [0.15, 0.2) is 78.7 Å². The Balaban J connectivity index is 1.35. The largest absolute Gasteiger partial charge is 0.482 e. The zero-order valence-electron chi connectivity index (χ0n) is 20.8. The number of nitrogens with zero attached hydrogens (tertiary/aromatic N) is 2. The van der Waals surface area contributed by atoms with Gasteiger partial charge in [-0.3, -0.25) is 14.7 Å². The molecule has 0 saturated carbocycles. The standard InChI is InChI=1S/C30H30FN3O2/c1-4-34(16-14-23-7-5-6-15-32-23)19-20-8-10-21(11-9-20)25-18-27(36-30(25,2)3)28-24-13-12-22(31)17-26(24)33-29(28)35/h5-13,15,17-18H,4,14,16,19H2,1-3H3,(H,33,35). The third-order valence-corrected chi connectivity index (χ3v) is 6.79. The molecular weight excluding hydrogens is 453 g/mol. The highest BCUT2D eigenvalue weighted by Gasteiger charge is 2.38. The first-order valence-corrected chi connectivity index (χ1v) is 12.3. The van der Waals surface area contributed by atoms with Crippen molar-refractivity contribution >= 4 is 22.7 Å². The summed E-state index contributed by atoms with van der Waals surface area (Å²) >= 11 is 0. The summed E-state index contributed by atoms with van der Waals surface area (Å²) in [5, 5.41) is 2.74. The van der Waals surface area contributed by atoms with E-state index in [1.165, 1.54) is 17.7 Å². The molecule has 0 aliphatic carbocycles. The molecule has 3 aromatic rings. The summed E-state index contributed by atoms with van der Waals surface area (Å²) in [6, 6.07) is 18.9. The summed E-state index contributed by atoms with van der Waals surface area (Å²) in [7, 11) is 0. The van der Waals surface area contributed by atoms with E-state index in [1.54, 1.807) is 6.07 Å². The maximum absolute atomic E-state index is 13.6. The minimum absolute atomic E-state index is 0.278. The number of aromatic nitrogens is 1. The number of hydrogen-bond donors (Lipinski definition) is 1. The third kappa shape index (κ3) is 4.82. The van der Waals surface area contributed by atoms with Crippen molar-refractivity contribution in [1.29, 1.82) is 0 Å². The molecule has 0 fully saturated rings. The van der Waals surface area contributed by atoms with Crippen LogP contribution in [0.25, 0.3) is 11.1 Å². The van der Waals surface area contributed by atoms with Crippen LogP contribution in [0.3, 0.4) is 0 Å². The maximum Gasteiger partial charge on any atom is 0.260 e. The molecule has 1 N–H and O–H groups in total. The molecule has 1 amide bonds. The highest BCUT2D eigenvalue weighted by atomic mass is 19.1. The lowest BCUT2D eigenvalue weighted by molar-refractivity contribution is -0.111. The zero-order chi connectivity index (χ0) is 25.3. The van der Waals surface area contributed by atoms with E-state index in [0.29, 0.717) is 22.6 Å². The molecule has 0 bridgehead atoms. The number of ether oxygens (including phenoxy) is 1. The van der Waals surface area contributed by atoms with Crippen LogP contribution < -0.4 is 5.32 Å². The fourth-order valence-electron chi connectivity index (χ4n) is 4.82. The number of hydrogen-bond acceptors (Lipinski definition) is 4. The molecule has 2 aromatic carbocycles. The number of anilines is 1. The van der Waals surface area contributed by atoms with Gasteiger partial charge in [0.25, 0.3) is 5.91 Å². The molecule has 6 heteroatoms. The minimum Gasteiger partial charge on any atom is -0.482 e. The first-order chi connectivity index (χ1) is 17.3. The number of halogens is 1. The number of fused-ring (bicyclic) bond motifs is 1. The molecule has 2 aliphatic heterocycles. The van der Waals surface area contributed by atoms with Gasteiger partial charge < -0.3 is 10.1 Å². The fourth-order valence-corrected chi connectivity index (χ4v) is 4.82. The third-order valence-electron chi connectivity index (χ3n) is 6.79. The van der Waals surface area contributed by atoms with Crippen molar-refractivity contribution in [3.05, 3.63) is 107 Å². The first-order valence-electron chi connectivity index (χ1n) is 12.3. The van der Waals surface area contributed by atoms with Crippen LogP contribution in [0, 0.1) is 5.82 Å². The lowest BCUT2D eigenvalue weighted by atomic mass is 9.91. The van der Waals surface area contributed by atoms with Gasteiger partial charge in [0.2, 0.25) is 0 Å². The lowest BCUT2D eigenvalue weighted by Gasteiger charge is -2.24. The van der Waals surface area contributed by atoms with Gasteiger partial charge in [-0.15, -0.1) is 0 Å². The monoisotopic (exact) mass is 483 g/mol. The molecule has 0 radical (unpaired) electrons. The van der Waals surface area contributed by atoms with Crippen LogP contribution in [-0.4, -0.2) is 34.5 Å². The topological polar surface area (TPSA) is 54.5 Å². The Bertz CT molecular complexity index is 1340. The number of carbonyl (C=O) groups excluding carboxylic acids is 1. The Labute approximate surface area is 211 Å². The molecule has 0 spiro atoms. The Hall–Kier alpha value is -3.77. The first kappa shape index (κ1) is 23.9. The molecule has 1 aromatic heterocycles. The van der Waals surface area contributed by atoms with Gasteiger partial charge in [-0.25, -0.2) is 4.39 Å². The van der Waals surface area contributed by atoms with Gasteiger partial charge in [0.1, 0.15) is 17.2 Å². The normalized spacial score (nSPS) is 18.1. The average molecular weight is 484 g/mol. The predicted octanol–water partition coefficient (Wildman–Crippen LogP) is 5.84. The second kappa shape index (κ2) is 9.70. The van der Waals surface area contributed by atoms with E-state index in [1.807, 2.05) is 38.3 Å². The van der Waals surface area contributed by atoms with Crippen molar-refractivity contribution in [2.75, 3.05) is 18.4 Å². The Morgan fingerprint density at radius 2 is 1.89 bits per heavy atom. The summed E-state index contributed by atoms with van der Waals surface area (Å²) in [6.45, 7) is 8.95. The minimum atomic E-state index is -0.606. The Morgan fingerprint density at radius 1 is 1.08 bits per heavy atom. The van der Waals surface area contributed by atoms with Gasteiger partial charge in [-0.2, -0.15) is 0 Å². The number of benzene rings is 2. The summed E-state index contributed by atoms with van der Waals surface area (Å²) in [5.41, 5.74) is 5.36. The van der Waals surface area contributed by atoms with E-state index >= 15 is 0 Å². The molecule has 0 saturated heterocycles. The Kier molecular flexibility index (Phi) is 6.46. The smallest absolute Gasteiger partial charge is 0.260 e. The van der Waals surface area contributed by atoms with Gasteiger partial charge in [-0.1, -0.05) is 37.3 Å². The number of carbonyl (C=O) groups is 1. The molecular formula is C30H30FN3O2. The van der Waals surface area contributed by atoms with E-state index in [0.717, 1.165) is 42.9 Å². The van der Waals surface area contributed by atoms with Gasteiger partial charge in [-0.05, 0) is 67.9 Å². The van der Waals surface area contributed by atoms with Crippen molar-refractivity contribution in [3.63, 3.8) is 0 Å². The molecule has 0 unspecified atom stereocenters. The van der Waals surface area contributed by atoms with Gasteiger partial charge >= 0.3 is 0 Å². The number of amides is 1. The van der Waals surface area contributed by atoms with E-state index in [9.17, 15) is 9.18 Å². The van der Waals surface area contributed by atoms with Crippen molar-refractivity contribution in [1.82, 2.24) is 9.88 Å². The quantitative estimate of drug-likeness (QED) is 0.429. The van der Waals surface area contributed by atoms with Crippen LogP contribution in [0.2, 0.25) is 0 Å².